The number of nitrogens with one attached hydrogen (secondary N) is 2. The molecule has 4 amide bonds. The van der Waals surface area contributed by atoms with E-state index >= 15 is 0 Å². The minimum absolute atomic E-state index is 0.0870. The summed E-state index contributed by atoms with van der Waals surface area (Å²) in [7, 11) is 0. The summed E-state index contributed by atoms with van der Waals surface area (Å²) in [6.07, 6.45) is -0.322. The molecule has 2 atom stereocenters. The van der Waals surface area contributed by atoms with E-state index in [1.807, 2.05) is 0 Å². The number of aromatic hydroxyl groups is 1. The van der Waals surface area contributed by atoms with Crippen LogP contribution < -0.4 is 16.4 Å². The minimum Gasteiger partial charge on any atom is -0.507 e. The number of carbonyl (C=O) groups excluding carboxylic acids is 5. The van der Waals surface area contributed by atoms with Crippen LogP contribution >= 0.6 is 0 Å². The molecule has 0 spiro atoms. The van der Waals surface area contributed by atoms with Gasteiger partial charge in [0.15, 0.2) is 0 Å². The number of hydrogen-bond acceptors (Lipinski definition) is 8. The second kappa shape index (κ2) is 14.6. The zero-order chi connectivity index (χ0) is 29.0. The highest BCUT2D eigenvalue weighted by atomic mass is 16.6. The number of para-hydroxylation sites is 1. The maximum Gasteiger partial charge on any atom is 0.408 e. The molecule has 0 saturated heterocycles. The topological polar surface area (TPSA) is 177 Å². The first-order chi connectivity index (χ1) is 17.7. The van der Waals surface area contributed by atoms with Gasteiger partial charge in [-0.1, -0.05) is 24.3 Å². The van der Waals surface area contributed by atoms with E-state index in [4.69, 9.17) is 15.2 Å². The first kappa shape index (κ1) is 31.9. The summed E-state index contributed by atoms with van der Waals surface area (Å²) in [5.74, 6) is -3.20. The van der Waals surface area contributed by atoms with Crippen molar-refractivity contribution in [2.75, 3.05) is 19.7 Å². The number of primary amides is 1. The highest BCUT2D eigenvalue weighted by molar-refractivity contribution is 5.95. The zero-order valence-corrected chi connectivity index (χ0v) is 22.5. The van der Waals surface area contributed by atoms with Gasteiger partial charge in [-0.15, -0.1) is 6.58 Å². The van der Waals surface area contributed by atoms with Crippen LogP contribution in [0.15, 0.2) is 30.9 Å². The third kappa shape index (κ3) is 10.1. The maximum absolute atomic E-state index is 13.7. The molecule has 38 heavy (non-hydrogen) atoms. The summed E-state index contributed by atoms with van der Waals surface area (Å²) >= 11 is 0. The van der Waals surface area contributed by atoms with E-state index in [0.717, 1.165) is 4.90 Å². The van der Waals surface area contributed by atoms with Gasteiger partial charge in [0.1, 0.15) is 23.4 Å². The van der Waals surface area contributed by atoms with Gasteiger partial charge in [-0.05, 0) is 40.2 Å². The summed E-state index contributed by atoms with van der Waals surface area (Å²) < 4.78 is 10.1. The first-order valence-electron chi connectivity index (χ1n) is 12.1. The second-order valence-electron chi connectivity index (χ2n) is 9.41. The quantitative estimate of drug-likeness (QED) is 0.218. The van der Waals surface area contributed by atoms with Gasteiger partial charge >= 0.3 is 12.1 Å². The lowest BCUT2D eigenvalue weighted by atomic mass is 9.98. The molecule has 0 aromatic heterocycles. The number of alkyl carbamates (subject to hydrolysis) is 1. The average Bonchev–Trinajstić information content (AvgIpc) is 2.79. The molecule has 0 heterocycles. The highest BCUT2D eigenvalue weighted by Gasteiger charge is 2.37. The fourth-order valence-corrected chi connectivity index (χ4v) is 3.48. The van der Waals surface area contributed by atoms with Crippen LogP contribution in [-0.2, 0) is 28.7 Å². The average molecular weight is 535 g/mol. The Morgan fingerprint density at radius 3 is 2.42 bits per heavy atom. The van der Waals surface area contributed by atoms with E-state index in [1.54, 1.807) is 46.8 Å². The van der Waals surface area contributed by atoms with Crippen LogP contribution in [0.4, 0.5) is 4.79 Å². The largest absolute Gasteiger partial charge is 0.507 e. The summed E-state index contributed by atoms with van der Waals surface area (Å²) in [6, 6.07) is 1.78. The molecule has 1 rings (SSSR count). The normalized spacial score (nSPS) is 12.4. The van der Waals surface area contributed by atoms with E-state index in [0.29, 0.717) is 5.56 Å². The lowest BCUT2D eigenvalue weighted by molar-refractivity contribution is -0.144. The Kier molecular flexibility index (Phi) is 12.3. The number of phenolic OH excluding ortho intramolecular Hbond substituents is 1. The SMILES string of the molecule is C=CCN(C(=O)C(CC(N)=O)NC(=O)OC(C)(C)C)C(C(=O)NCCC(=O)OCC)c1cccc(C)c1O. The monoisotopic (exact) mass is 534 g/mol. The number of rotatable bonds is 13. The van der Waals surface area contributed by atoms with Crippen molar-refractivity contribution in [1.29, 1.82) is 0 Å². The summed E-state index contributed by atoms with van der Waals surface area (Å²) in [5, 5.41) is 15.7. The van der Waals surface area contributed by atoms with Crippen LogP contribution in [0.25, 0.3) is 0 Å². The number of amides is 4. The van der Waals surface area contributed by atoms with Gasteiger partial charge in [0.2, 0.25) is 17.7 Å². The number of nitrogens with zero attached hydrogens (tertiary/aromatic N) is 1. The van der Waals surface area contributed by atoms with Gasteiger partial charge in [-0.3, -0.25) is 19.2 Å². The van der Waals surface area contributed by atoms with Crippen LogP contribution in [0.1, 0.15) is 57.7 Å². The fraction of sp³-hybridized carbons (Fsp3) is 0.500. The molecule has 0 aliphatic heterocycles. The molecule has 0 bridgehead atoms. The number of carbonyl (C=O) groups is 5. The van der Waals surface area contributed by atoms with Crippen LogP contribution in [0.3, 0.4) is 0 Å². The lowest BCUT2D eigenvalue weighted by Gasteiger charge is -2.34. The number of ether oxygens (including phenoxy) is 2. The summed E-state index contributed by atoms with van der Waals surface area (Å²) in [4.78, 5) is 64.1. The molecule has 0 aliphatic rings. The molecule has 0 radical (unpaired) electrons. The third-order valence-corrected chi connectivity index (χ3v) is 5.06. The summed E-state index contributed by atoms with van der Waals surface area (Å²) in [6.45, 7) is 11.7. The molecule has 5 N–H and O–H groups in total. The van der Waals surface area contributed by atoms with Gasteiger partial charge in [0, 0.05) is 18.7 Å². The van der Waals surface area contributed by atoms with Crippen molar-refractivity contribution >= 4 is 29.8 Å². The van der Waals surface area contributed by atoms with Gasteiger partial charge in [-0.2, -0.15) is 0 Å². The Morgan fingerprint density at radius 2 is 1.87 bits per heavy atom. The van der Waals surface area contributed by atoms with Crippen molar-refractivity contribution in [1.82, 2.24) is 15.5 Å². The second-order valence-corrected chi connectivity index (χ2v) is 9.41. The van der Waals surface area contributed by atoms with E-state index < -0.39 is 53.9 Å². The Labute approximate surface area is 222 Å². The third-order valence-electron chi connectivity index (χ3n) is 5.06. The van der Waals surface area contributed by atoms with Crippen molar-refractivity contribution in [2.24, 2.45) is 5.73 Å². The smallest absolute Gasteiger partial charge is 0.408 e. The van der Waals surface area contributed by atoms with Gasteiger partial charge in [0.05, 0.1) is 19.4 Å². The number of nitrogens with two attached hydrogens (primary N) is 1. The van der Waals surface area contributed by atoms with Gasteiger partial charge < -0.3 is 35.8 Å². The predicted octanol–water partition coefficient (Wildman–Crippen LogP) is 1.59. The van der Waals surface area contributed by atoms with Crippen molar-refractivity contribution in [2.45, 2.75) is 65.1 Å². The van der Waals surface area contributed by atoms with Crippen LogP contribution in [0.2, 0.25) is 0 Å². The number of hydrogen-bond donors (Lipinski definition) is 4. The molecular formula is C26H38N4O8. The Hall–Kier alpha value is -4.09. The molecular weight excluding hydrogens is 496 g/mol. The first-order valence-corrected chi connectivity index (χ1v) is 12.1. The van der Waals surface area contributed by atoms with Crippen molar-refractivity contribution in [3.8, 4) is 5.75 Å². The fourth-order valence-electron chi connectivity index (χ4n) is 3.48. The number of aryl methyl sites for hydroxylation is 1. The maximum atomic E-state index is 13.7. The molecule has 0 aliphatic carbocycles. The standard InChI is InChI=1S/C26H38N4O8/c1-7-14-30(24(35)18(15-19(27)31)29-25(36)38-26(4,5)6)21(17-11-9-10-16(3)22(17)33)23(34)28-13-12-20(32)37-8-2/h7,9-11,18,21,33H,1,8,12-15H2,2-6H3,(H2,27,31)(H,28,34)(H,29,36). The van der Waals surface area contributed by atoms with Crippen LogP contribution in [0.5, 0.6) is 5.75 Å². The predicted molar refractivity (Wildman–Crippen MR) is 139 cm³/mol. The van der Waals surface area contributed by atoms with Crippen molar-refractivity contribution < 1.29 is 38.6 Å². The number of esters is 1. The molecule has 1 aromatic rings. The summed E-state index contributed by atoms with van der Waals surface area (Å²) in [5.41, 5.74) is 4.97. The molecule has 2 unspecified atom stereocenters. The number of benzene rings is 1. The van der Waals surface area contributed by atoms with Crippen LogP contribution in [0, 0.1) is 6.92 Å². The van der Waals surface area contributed by atoms with Crippen molar-refractivity contribution in [3.63, 3.8) is 0 Å². The van der Waals surface area contributed by atoms with E-state index in [-0.39, 0.29) is 37.4 Å². The highest BCUT2D eigenvalue weighted by Crippen LogP contribution is 2.32. The molecule has 210 valence electrons. The molecule has 1 aromatic carbocycles. The van der Waals surface area contributed by atoms with E-state index in [9.17, 15) is 29.1 Å². The van der Waals surface area contributed by atoms with Crippen molar-refractivity contribution in [3.05, 3.63) is 42.0 Å². The van der Waals surface area contributed by atoms with Crippen LogP contribution in [-0.4, -0.2) is 71.1 Å². The minimum atomic E-state index is -1.48. The molecule has 12 heteroatoms. The molecule has 0 fully saturated rings. The Balaban J connectivity index is 3.45. The van der Waals surface area contributed by atoms with Gasteiger partial charge in [-0.25, -0.2) is 4.79 Å². The van der Waals surface area contributed by atoms with Gasteiger partial charge in [0.25, 0.3) is 0 Å². The molecule has 12 nitrogen and oxygen atoms in total. The Bertz CT molecular complexity index is 1030. The molecule has 0 saturated carbocycles. The lowest BCUT2D eigenvalue weighted by Crippen LogP contribution is -2.54. The van der Waals surface area contributed by atoms with E-state index in [2.05, 4.69) is 17.2 Å². The zero-order valence-electron chi connectivity index (χ0n) is 22.5. The van der Waals surface area contributed by atoms with E-state index in [1.165, 1.54) is 12.1 Å². The number of phenols is 1. The Morgan fingerprint density at radius 1 is 1.21 bits per heavy atom.